The van der Waals surface area contributed by atoms with Crippen LogP contribution in [0.1, 0.15) is 25.0 Å². The number of aromatic nitrogens is 1. The van der Waals surface area contributed by atoms with E-state index in [2.05, 4.69) is 34.4 Å². The normalized spacial score (nSPS) is 16.1. The third kappa shape index (κ3) is 2.29. The van der Waals surface area contributed by atoms with Crippen molar-refractivity contribution in [1.29, 1.82) is 0 Å². The molecule has 0 amide bonds. The molecule has 3 heteroatoms. The minimum absolute atomic E-state index is 0.745. The van der Waals surface area contributed by atoms with Crippen molar-refractivity contribution in [2.75, 3.05) is 19.0 Å². The van der Waals surface area contributed by atoms with Gasteiger partial charge in [0.1, 0.15) is 0 Å². The Balaban J connectivity index is 2.09. The molecular weight excluding hydrogens is 186 g/mol. The van der Waals surface area contributed by atoms with Gasteiger partial charge in [-0.15, -0.1) is 0 Å². The highest BCUT2D eigenvalue weighted by Gasteiger charge is 2.22. The number of rotatable bonds is 4. The number of hydrogen-bond donors (Lipinski definition) is 1. The summed E-state index contributed by atoms with van der Waals surface area (Å²) in [5, 5.41) is 3.13. The zero-order valence-corrected chi connectivity index (χ0v) is 9.53. The Bertz CT molecular complexity index is 320. The van der Waals surface area contributed by atoms with E-state index >= 15 is 0 Å². The van der Waals surface area contributed by atoms with Crippen LogP contribution in [0.5, 0.6) is 0 Å². The van der Waals surface area contributed by atoms with Crippen LogP contribution in [0.4, 0.5) is 5.69 Å². The first-order chi connectivity index (χ1) is 7.31. The van der Waals surface area contributed by atoms with Gasteiger partial charge in [0.2, 0.25) is 0 Å². The van der Waals surface area contributed by atoms with Gasteiger partial charge in [-0.25, -0.2) is 0 Å². The van der Waals surface area contributed by atoms with E-state index in [9.17, 15) is 0 Å². The molecule has 1 aliphatic rings. The molecule has 0 bridgehead atoms. The fraction of sp³-hybridized carbons (Fsp3) is 0.583. The molecule has 0 aromatic carbocycles. The smallest absolute Gasteiger partial charge is 0.0562 e. The topological polar surface area (TPSA) is 28.2 Å². The van der Waals surface area contributed by atoms with E-state index in [1.165, 1.54) is 24.9 Å². The predicted molar refractivity (Wildman–Crippen MR) is 63.0 cm³/mol. The van der Waals surface area contributed by atoms with E-state index < -0.39 is 0 Å². The highest BCUT2D eigenvalue weighted by molar-refractivity contribution is 5.47. The van der Waals surface area contributed by atoms with Crippen LogP contribution in [-0.4, -0.2) is 25.1 Å². The van der Waals surface area contributed by atoms with Crippen LogP contribution in [-0.2, 0) is 6.54 Å². The minimum Gasteiger partial charge on any atom is -0.372 e. The Kier molecular flexibility index (Phi) is 3.21. The summed E-state index contributed by atoms with van der Waals surface area (Å²) >= 11 is 0. The zero-order valence-electron chi connectivity index (χ0n) is 9.53. The van der Waals surface area contributed by atoms with Crippen molar-refractivity contribution in [3.8, 4) is 0 Å². The van der Waals surface area contributed by atoms with Gasteiger partial charge in [0, 0.05) is 31.5 Å². The van der Waals surface area contributed by atoms with Crippen molar-refractivity contribution >= 4 is 5.69 Å². The molecule has 1 fully saturated rings. The van der Waals surface area contributed by atoms with Crippen LogP contribution >= 0.6 is 0 Å². The van der Waals surface area contributed by atoms with Gasteiger partial charge in [-0.3, -0.25) is 4.98 Å². The molecule has 0 spiro atoms. The second kappa shape index (κ2) is 4.62. The van der Waals surface area contributed by atoms with Gasteiger partial charge in [-0.1, -0.05) is 0 Å². The summed E-state index contributed by atoms with van der Waals surface area (Å²) in [5.74, 6) is 0. The van der Waals surface area contributed by atoms with Gasteiger partial charge >= 0.3 is 0 Å². The van der Waals surface area contributed by atoms with Gasteiger partial charge in [0.15, 0.2) is 0 Å². The van der Waals surface area contributed by atoms with Crippen LogP contribution in [0.2, 0.25) is 0 Å². The first-order valence-corrected chi connectivity index (χ1v) is 5.63. The Morgan fingerprint density at radius 3 is 2.93 bits per heavy atom. The third-order valence-electron chi connectivity index (χ3n) is 3.19. The first kappa shape index (κ1) is 10.4. The third-order valence-corrected chi connectivity index (χ3v) is 3.19. The summed E-state index contributed by atoms with van der Waals surface area (Å²) in [5.41, 5.74) is 2.40. The molecule has 1 aromatic rings. The molecule has 82 valence electrons. The molecule has 0 radical (unpaired) electrons. The monoisotopic (exact) mass is 205 g/mol. The maximum Gasteiger partial charge on any atom is 0.0562 e. The molecule has 0 unspecified atom stereocenters. The van der Waals surface area contributed by atoms with E-state index in [0.717, 1.165) is 18.3 Å². The fourth-order valence-corrected chi connectivity index (χ4v) is 1.95. The lowest BCUT2D eigenvalue weighted by atomic mass is 9.91. The highest BCUT2D eigenvalue weighted by atomic mass is 15.1. The number of hydrogen-bond acceptors (Lipinski definition) is 3. The summed E-state index contributed by atoms with van der Waals surface area (Å²) in [6.07, 6.45) is 5.95. The lowest BCUT2D eigenvalue weighted by molar-refractivity contribution is 0.401. The van der Waals surface area contributed by atoms with Crippen molar-refractivity contribution in [3.63, 3.8) is 0 Å². The Morgan fingerprint density at radius 1 is 1.53 bits per heavy atom. The number of nitrogens with one attached hydrogen (secondary N) is 1. The molecule has 15 heavy (non-hydrogen) atoms. The molecule has 1 N–H and O–H groups in total. The number of anilines is 1. The van der Waals surface area contributed by atoms with Crippen LogP contribution in [0.3, 0.4) is 0 Å². The maximum atomic E-state index is 4.33. The zero-order chi connectivity index (χ0) is 10.7. The summed E-state index contributed by atoms with van der Waals surface area (Å²) in [6.45, 7) is 0.840. The SMILES string of the molecule is CNCc1cc(N(C)C2CCC2)ccn1. The quantitative estimate of drug-likeness (QED) is 0.812. The lowest BCUT2D eigenvalue weighted by Gasteiger charge is -2.36. The summed E-state index contributed by atoms with van der Waals surface area (Å²) in [6, 6.07) is 5.02. The van der Waals surface area contributed by atoms with E-state index in [4.69, 9.17) is 0 Å². The van der Waals surface area contributed by atoms with E-state index in [-0.39, 0.29) is 0 Å². The van der Waals surface area contributed by atoms with Crippen molar-refractivity contribution in [2.45, 2.75) is 31.8 Å². The minimum atomic E-state index is 0.745. The predicted octanol–water partition coefficient (Wildman–Crippen LogP) is 1.79. The maximum absolute atomic E-state index is 4.33. The van der Waals surface area contributed by atoms with Gasteiger partial charge in [-0.05, 0) is 38.4 Å². The molecule has 1 saturated carbocycles. The molecule has 1 heterocycles. The Labute approximate surface area is 91.5 Å². The Morgan fingerprint density at radius 2 is 2.33 bits per heavy atom. The van der Waals surface area contributed by atoms with Crippen molar-refractivity contribution in [3.05, 3.63) is 24.0 Å². The van der Waals surface area contributed by atoms with Gasteiger partial charge < -0.3 is 10.2 Å². The van der Waals surface area contributed by atoms with Crippen molar-refractivity contribution in [2.24, 2.45) is 0 Å². The van der Waals surface area contributed by atoms with E-state index in [1.54, 1.807) is 0 Å². The summed E-state index contributed by atoms with van der Waals surface area (Å²) in [7, 11) is 4.13. The second-order valence-electron chi connectivity index (χ2n) is 4.23. The molecule has 1 aliphatic carbocycles. The van der Waals surface area contributed by atoms with Crippen LogP contribution in [0.15, 0.2) is 18.3 Å². The van der Waals surface area contributed by atoms with Gasteiger partial charge in [-0.2, -0.15) is 0 Å². The molecule has 1 aromatic heterocycles. The van der Waals surface area contributed by atoms with Gasteiger partial charge in [0.25, 0.3) is 0 Å². The largest absolute Gasteiger partial charge is 0.372 e. The molecular formula is C12H19N3. The highest BCUT2D eigenvalue weighted by Crippen LogP contribution is 2.27. The Hall–Kier alpha value is -1.09. The van der Waals surface area contributed by atoms with Gasteiger partial charge in [0.05, 0.1) is 5.69 Å². The van der Waals surface area contributed by atoms with Crippen molar-refractivity contribution < 1.29 is 0 Å². The van der Waals surface area contributed by atoms with E-state index in [0.29, 0.717) is 0 Å². The lowest BCUT2D eigenvalue weighted by Crippen LogP contribution is -2.37. The summed E-state index contributed by atoms with van der Waals surface area (Å²) in [4.78, 5) is 6.70. The van der Waals surface area contributed by atoms with Crippen LogP contribution in [0, 0.1) is 0 Å². The van der Waals surface area contributed by atoms with Crippen LogP contribution < -0.4 is 10.2 Å². The fourth-order valence-electron chi connectivity index (χ4n) is 1.95. The molecule has 0 aliphatic heterocycles. The molecule has 0 saturated heterocycles. The van der Waals surface area contributed by atoms with E-state index in [1.807, 2.05) is 13.2 Å². The molecule has 0 atom stereocenters. The number of pyridine rings is 1. The average Bonchev–Trinajstić information content (AvgIpc) is 2.16. The average molecular weight is 205 g/mol. The van der Waals surface area contributed by atoms with Crippen LogP contribution in [0.25, 0.3) is 0 Å². The standard InChI is InChI=1S/C12H19N3/c1-13-9-10-8-12(6-7-14-10)15(2)11-4-3-5-11/h6-8,11,13H,3-5,9H2,1-2H3. The number of nitrogens with zero attached hydrogens (tertiary/aromatic N) is 2. The van der Waals surface area contributed by atoms with Crippen molar-refractivity contribution in [1.82, 2.24) is 10.3 Å². The molecule has 3 nitrogen and oxygen atoms in total. The first-order valence-electron chi connectivity index (χ1n) is 5.63. The summed E-state index contributed by atoms with van der Waals surface area (Å²) < 4.78 is 0. The molecule has 2 rings (SSSR count). The second-order valence-corrected chi connectivity index (χ2v) is 4.23.